The Hall–Kier alpha value is -2.40. The zero-order chi connectivity index (χ0) is 16.1. The van der Waals surface area contributed by atoms with E-state index in [0.717, 1.165) is 0 Å². The minimum absolute atomic E-state index is 0.115. The van der Waals surface area contributed by atoms with Gasteiger partial charge in [-0.25, -0.2) is 4.39 Å². The van der Waals surface area contributed by atoms with Gasteiger partial charge in [0.25, 0.3) is 0 Å². The number of benzene rings is 1. The topological polar surface area (TPSA) is 73.9 Å². The number of esters is 1. The molecule has 0 aliphatic rings. The van der Waals surface area contributed by atoms with Gasteiger partial charge in [0.2, 0.25) is 0 Å². The van der Waals surface area contributed by atoms with Crippen molar-refractivity contribution >= 4 is 5.97 Å². The fraction of sp³-hybridized carbons (Fsp3) is 0.438. The smallest absolute Gasteiger partial charge is 0.328 e. The minimum atomic E-state index is -1.64. The van der Waals surface area contributed by atoms with Gasteiger partial charge in [0, 0.05) is 0 Å². The number of halogens is 1. The lowest BCUT2D eigenvalue weighted by atomic mass is 9.61. The molecule has 0 saturated carbocycles. The van der Waals surface area contributed by atoms with E-state index in [2.05, 4.69) is 6.07 Å². The quantitative estimate of drug-likeness (QED) is 0.780. The van der Waals surface area contributed by atoms with Crippen LogP contribution in [0.2, 0.25) is 0 Å². The highest BCUT2D eigenvalue weighted by molar-refractivity contribution is 5.83. The van der Waals surface area contributed by atoms with Crippen LogP contribution in [-0.4, -0.2) is 12.6 Å². The number of ether oxygens (including phenoxy) is 1. The molecule has 0 unspecified atom stereocenters. The molecule has 4 nitrogen and oxygen atoms in total. The number of hydrogen-bond donors (Lipinski definition) is 0. The molecule has 0 bridgehead atoms. The maximum atomic E-state index is 13.1. The Morgan fingerprint density at radius 3 is 2.19 bits per heavy atom. The molecule has 21 heavy (non-hydrogen) atoms. The predicted molar refractivity (Wildman–Crippen MR) is 74.3 cm³/mol. The van der Waals surface area contributed by atoms with Gasteiger partial charge in [0.15, 0.2) is 5.41 Å². The highest BCUT2D eigenvalue weighted by atomic mass is 19.1. The van der Waals surface area contributed by atoms with Gasteiger partial charge in [-0.15, -0.1) is 0 Å². The van der Waals surface area contributed by atoms with Crippen molar-refractivity contribution in [1.29, 1.82) is 10.5 Å². The lowest BCUT2D eigenvalue weighted by molar-refractivity contribution is -0.154. The maximum absolute atomic E-state index is 13.1. The standard InChI is InChI=1S/C16H17FN2O2/c1-4-16(11-19,14(20)21-5-2)15(3,10-18)12-6-8-13(17)9-7-12/h6-9H,4-5H2,1-3H3/t15-,16+/m0/s1. The molecule has 0 heterocycles. The van der Waals surface area contributed by atoms with Gasteiger partial charge in [0.05, 0.1) is 18.7 Å². The van der Waals surface area contributed by atoms with Gasteiger partial charge in [-0.2, -0.15) is 10.5 Å². The Kier molecular flexibility index (Phi) is 5.05. The van der Waals surface area contributed by atoms with Crippen LogP contribution in [0.4, 0.5) is 4.39 Å². The van der Waals surface area contributed by atoms with Crippen LogP contribution in [0.25, 0.3) is 0 Å². The van der Waals surface area contributed by atoms with Crippen molar-refractivity contribution in [2.75, 3.05) is 6.61 Å². The summed E-state index contributed by atoms with van der Waals surface area (Å²) in [5.41, 5.74) is -2.67. The molecule has 5 heteroatoms. The molecule has 2 atom stereocenters. The summed E-state index contributed by atoms with van der Waals surface area (Å²) < 4.78 is 18.1. The lowest BCUT2D eigenvalue weighted by Crippen LogP contribution is -2.48. The van der Waals surface area contributed by atoms with Crippen LogP contribution in [0, 0.1) is 33.9 Å². The van der Waals surface area contributed by atoms with Crippen LogP contribution in [0.3, 0.4) is 0 Å². The summed E-state index contributed by atoms with van der Waals surface area (Å²) >= 11 is 0. The van der Waals surface area contributed by atoms with Crippen molar-refractivity contribution < 1.29 is 13.9 Å². The second kappa shape index (κ2) is 6.37. The summed E-state index contributed by atoms with van der Waals surface area (Å²) in [6.07, 6.45) is 0.115. The SMILES string of the molecule is CCOC(=O)[C@](C#N)(CC)[C@@](C)(C#N)c1ccc(F)cc1. The molecular formula is C16H17FN2O2. The van der Waals surface area contributed by atoms with Gasteiger partial charge in [0.1, 0.15) is 11.2 Å². The van der Waals surface area contributed by atoms with Crippen LogP contribution in [0.15, 0.2) is 24.3 Å². The molecule has 0 aliphatic carbocycles. The normalized spacial score (nSPS) is 15.9. The van der Waals surface area contributed by atoms with Gasteiger partial charge in [-0.1, -0.05) is 19.1 Å². The number of hydrogen-bond acceptors (Lipinski definition) is 4. The summed E-state index contributed by atoms with van der Waals surface area (Å²) in [7, 11) is 0. The van der Waals surface area contributed by atoms with Gasteiger partial charge in [-0.05, 0) is 38.0 Å². The molecule has 0 radical (unpaired) electrons. The molecule has 0 N–H and O–H groups in total. The summed E-state index contributed by atoms with van der Waals surface area (Å²) in [4.78, 5) is 12.3. The van der Waals surface area contributed by atoms with E-state index in [4.69, 9.17) is 4.74 Å². The van der Waals surface area contributed by atoms with E-state index in [-0.39, 0.29) is 13.0 Å². The second-order valence-corrected chi connectivity index (χ2v) is 4.83. The Labute approximate surface area is 123 Å². The first-order valence-corrected chi connectivity index (χ1v) is 6.67. The lowest BCUT2D eigenvalue weighted by Gasteiger charge is -2.36. The Balaban J connectivity index is 3.51. The first-order valence-electron chi connectivity index (χ1n) is 6.67. The maximum Gasteiger partial charge on any atom is 0.328 e. The fourth-order valence-electron chi connectivity index (χ4n) is 2.38. The average molecular weight is 288 g/mol. The average Bonchev–Trinajstić information content (AvgIpc) is 2.49. The van der Waals surface area contributed by atoms with E-state index in [9.17, 15) is 19.7 Å². The highest BCUT2D eigenvalue weighted by Crippen LogP contribution is 2.45. The number of nitriles is 2. The Morgan fingerprint density at radius 2 is 1.81 bits per heavy atom. The zero-order valence-electron chi connectivity index (χ0n) is 12.3. The number of carbonyl (C=O) groups excluding carboxylic acids is 1. The van der Waals surface area contributed by atoms with Crippen molar-refractivity contribution in [1.82, 2.24) is 0 Å². The molecular weight excluding hydrogens is 271 g/mol. The van der Waals surface area contributed by atoms with Crippen molar-refractivity contribution in [3.8, 4) is 12.1 Å². The van der Waals surface area contributed by atoms with Gasteiger partial charge < -0.3 is 4.74 Å². The van der Waals surface area contributed by atoms with Crippen molar-refractivity contribution in [2.24, 2.45) is 5.41 Å². The fourth-order valence-corrected chi connectivity index (χ4v) is 2.38. The first kappa shape index (κ1) is 16.7. The predicted octanol–water partition coefficient (Wildman–Crippen LogP) is 3.09. The number of nitrogens with zero attached hydrogens (tertiary/aromatic N) is 2. The molecule has 0 saturated heterocycles. The molecule has 0 aliphatic heterocycles. The van der Waals surface area contributed by atoms with E-state index in [1.807, 2.05) is 6.07 Å². The van der Waals surface area contributed by atoms with E-state index < -0.39 is 22.6 Å². The highest BCUT2D eigenvalue weighted by Gasteiger charge is 2.56. The van der Waals surface area contributed by atoms with Crippen LogP contribution < -0.4 is 0 Å². The summed E-state index contributed by atoms with van der Waals surface area (Å²) in [5, 5.41) is 19.2. The van der Waals surface area contributed by atoms with E-state index >= 15 is 0 Å². The molecule has 1 aromatic carbocycles. The molecule has 1 aromatic rings. The monoisotopic (exact) mass is 288 g/mol. The Bertz CT molecular complexity index is 600. The summed E-state index contributed by atoms with van der Waals surface area (Å²) in [6.45, 7) is 4.91. The van der Waals surface area contributed by atoms with Crippen molar-refractivity contribution in [3.05, 3.63) is 35.6 Å². The van der Waals surface area contributed by atoms with Crippen molar-refractivity contribution in [3.63, 3.8) is 0 Å². The Morgan fingerprint density at radius 1 is 1.24 bits per heavy atom. The van der Waals surface area contributed by atoms with E-state index in [0.29, 0.717) is 5.56 Å². The van der Waals surface area contributed by atoms with Crippen LogP contribution >= 0.6 is 0 Å². The largest absolute Gasteiger partial charge is 0.465 e. The van der Waals surface area contributed by atoms with Crippen molar-refractivity contribution in [2.45, 2.75) is 32.6 Å². The number of rotatable bonds is 5. The number of carbonyl (C=O) groups is 1. The summed E-state index contributed by atoms with van der Waals surface area (Å²) in [6, 6.07) is 9.25. The first-order chi connectivity index (χ1) is 9.91. The van der Waals surface area contributed by atoms with Gasteiger partial charge in [-0.3, -0.25) is 4.79 Å². The third-order valence-corrected chi connectivity index (χ3v) is 3.84. The van der Waals surface area contributed by atoms with E-state index in [1.165, 1.54) is 31.2 Å². The van der Waals surface area contributed by atoms with Crippen LogP contribution in [-0.2, 0) is 14.9 Å². The third-order valence-electron chi connectivity index (χ3n) is 3.84. The molecule has 110 valence electrons. The molecule has 1 rings (SSSR count). The molecule has 0 amide bonds. The van der Waals surface area contributed by atoms with E-state index in [1.54, 1.807) is 13.8 Å². The molecule has 0 fully saturated rings. The second-order valence-electron chi connectivity index (χ2n) is 4.83. The van der Waals surface area contributed by atoms with Crippen LogP contribution in [0.1, 0.15) is 32.8 Å². The minimum Gasteiger partial charge on any atom is -0.465 e. The van der Waals surface area contributed by atoms with Crippen LogP contribution in [0.5, 0.6) is 0 Å². The zero-order valence-corrected chi connectivity index (χ0v) is 12.3. The molecule has 0 spiro atoms. The third kappa shape index (κ3) is 2.60. The summed E-state index contributed by atoms with van der Waals surface area (Å²) in [5.74, 6) is -1.18. The molecule has 0 aromatic heterocycles. The van der Waals surface area contributed by atoms with Gasteiger partial charge >= 0.3 is 5.97 Å².